The van der Waals surface area contributed by atoms with Crippen LogP contribution < -0.4 is 10.2 Å². The fourth-order valence-electron chi connectivity index (χ4n) is 0.981. The van der Waals surface area contributed by atoms with Crippen molar-refractivity contribution in [2.45, 2.75) is 13.3 Å². The monoisotopic (exact) mass is 254 g/mol. The molecule has 74 valence electrons. The van der Waals surface area contributed by atoms with Gasteiger partial charge in [-0.2, -0.15) is 0 Å². The Morgan fingerprint density at radius 1 is 1.57 bits per heavy atom. The van der Waals surface area contributed by atoms with Crippen LogP contribution in [0, 0.1) is 0 Å². The van der Waals surface area contributed by atoms with Gasteiger partial charge in [-0.15, -0.1) is 0 Å². The van der Waals surface area contributed by atoms with Crippen LogP contribution in [0.3, 0.4) is 0 Å². The van der Waals surface area contributed by atoms with Crippen LogP contribution in [0.1, 0.15) is 13.3 Å². The summed E-state index contributed by atoms with van der Waals surface area (Å²) in [7, 11) is 1.99. The number of halogens is 1. The maximum atomic E-state index is 11.0. The van der Waals surface area contributed by atoms with E-state index >= 15 is 0 Å². The van der Waals surface area contributed by atoms with Crippen molar-refractivity contribution in [2.24, 2.45) is 0 Å². The van der Waals surface area contributed by atoms with E-state index in [1.54, 1.807) is 0 Å². The largest absolute Gasteiger partial charge is 0.485 e. The molecule has 2 nitrogen and oxygen atoms in total. The third-order valence-electron chi connectivity index (χ3n) is 1.87. The van der Waals surface area contributed by atoms with Crippen LogP contribution in [-0.2, 0) is 4.79 Å². The first-order chi connectivity index (χ1) is 6.63. The van der Waals surface area contributed by atoms with Gasteiger partial charge in [0, 0.05) is 6.42 Å². The van der Waals surface area contributed by atoms with Gasteiger partial charge < -0.3 is 4.74 Å². The lowest BCUT2D eigenvalue weighted by Gasteiger charge is -2.07. The lowest BCUT2D eigenvalue weighted by molar-refractivity contribution is -0.120. The second kappa shape index (κ2) is 5.20. The number of hydrogen-bond acceptors (Lipinski definition) is 2. The highest BCUT2D eigenvalue weighted by molar-refractivity contribution is 9.10. The topological polar surface area (TPSA) is 26.3 Å². The number of carbonyl (C=O) groups is 1. The second-order valence-corrected chi connectivity index (χ2v) is 3.97. The molecule has 0 atom stereocenters. The molecule has 0 aliphatic carbocycles. The number of hydrogen-bond donors (Lipinski definition) is 0. The Bertz CT molecular complexity index is 339. The molecule has 0 N–H and O–H groups in total. The standard InChI is InChI=1S/C10H12BBrO2/c1-2-8(13)6-14-10-5-7(11)3-4-9(10)12/h3-5H,2,6,11H2,1H3. The van der Waals surface area contributed by atoms with Crippen molar-refractivity contribution in [1.82, 2.24) is 0 Å². The molecular formula is C10H12BBrO2. The van der Waals surface area contributed by atoms with Gasteiger partial charge >= 0.3 is 0 Å². The van der Waals surface area contributed by atoms with E-state index in [1.807, 2.05) is 33.0 Å². The van der Waals surface area contributed by atoms with Crippen molar-refractivity contribution in [3.8, 4) is 5.75 Å². The van der Waals surface area contributed by atoms with Crippen LogP contribution in [0.2, 0.25) is 0 Å². The van der Waals surface area contributed by atoms with E-state index in [-0.39, 0.29) is 12.4 Å². The van der Waals surface area contributed by atoms with E-state index in [4.69, 9.17) is 4.74 Å². The summed E-state index contributed by atoms with van der Waals surface area (Å²) in [6, 6.07) is 5.81. The van der Waals surface area contributed by atoms with Crippen molar-refractivity contribution in [3.05, 3.63) is 22.7 Å². The zero-order valence-corrected chi connectivity index (χ0v) is 9.93. The molecule has 0 aliphatic heterocycles. The normalized spacial score (nSPS) is 9.86. The van der Waals surface area contributed by atoms with Crippen LogP contribution in [0.5, 0.6) is 5.75 Å². The Kier molecular flexibility index (Phi) is 4.20. The summed E-state index contributed by atoms with van der Waals surface area (Å²) in [5, 5.41) is 0. The number of rotatable bonds is 4. The highest BCUT2D eigenvalue weighted by Crippen LogP contribution is 2.22. The Balaban J connectivity index is 2.66. The molecule has 1 aromatic rings. The smallest absolute Gasteiger partial charge is 0.169 e. The SMILES string of the molecule is Bc1ccc(Br)c(OCC(=O)CC)c1. The molecule has 4 heteroatoms. The number of benzene rings is 1. The average Bonchev–Trinajstić information content (AvgIpc) is 2.19. The summed E-state index contributed by atoms with van der Waals surface area (Å²) in [5.41, 5.74) is 1.12. The molecule has 0 spiro atoms. The molecule has 0 bridgehead atoms. The van der Waals surface area contributed by atoms with Crippen molar-refractivity contribution in [1.29, 1.82) is 0 Å². The summed E-state index contributed by atoms with van der Waals surface area (Å²) in [6.07, 6.45) is 0.517. The zero-order valence-electron chi connectivity index (χ0n) is 8.34. The fraction of sp³-hybridized carbons (Fsp3) is 0.300. The van der Waals surface area contributed by atoms with Gasteiger partial charge in [0.15, 0.2) is 5.78 Å². The Labute approximate surface area is 93.2 Å². The molecule has 14 heavy (non-hydrogen) atoms. The molecule has 0 fully saturated rings. The van der Waals surface area contributed by atoms with E-state index in [9.17, 15) is 4.79 Å². The van der Waals surface area contributed by atoms with Gasteiger partial charge in [-0.1, -0.05) is 18.5 Å². The van der Waals surface area contributed by atoms with E-state index in [0.717, 1.165) is 15.7 Å². The second-order valence-electron chi connectivity index (χ2n) is 3.11. The molecule has 0 aliphatic rings. The van der Waals surface area contributed by atoms with Crippen molar-refractivity contribution in [3.63, 3.8) is 0 Å². The van der Waals surface area contributed by atoms with Crippen LogP contribution in [0.15, 0.2) is 22.7 Å². The molecule has 0 saturated carbocycles. The number of Topliss-reactive ketones (excluding diaryl/α,β-unsaturated/α-hetero) is 1. The van der Waals surface area contributed by atoms with Crippen LogP contribution in [-0.4, -0.2) is 20.2 Å². The molecule has 0 unspecified atom stereocenters. The molecule has 0 heterocycles. The van der Waals surface area contributed by atoms with Gasteiger partial charge in [-0.05, 0) is 28.1 Å². The molecule has 1 aromatic carbocycles. The van der Waals surface area contributed by atoms with E-state index in [1.165, 1.54) is 0 Å². The van der Waals surface area contributed by atoms with Crippen molar-refractivity contribution < 1.29 is 9.53 Å². The van der Waals surface area contributed by atoms with Gasteiger partial charge in [-0.25, -0.2) is 0 Å². The quantitative estimate of drug-likeness (QED) is 0.752. The van der Waals surface area contributed by atoms with Crippen LogP contribution >= 0.6 is 15.9 Å². The first-order valence-electron chi connectivity index (χ1n) is 4.54. The van der Waals surface area contributed by atoms with Gasteiger partial charge in [-0.3, -0.25) is 4.79 Å². The molecule has 0 aromatic heterocycles. The molecule has 0 saturated heterocycles. The Morgan fingerprint density at radius 3 is 2.93 bits per heavy atom. The van der Waals surface area contributed by atoms with Crippen LogP contribution in [0.4, 0.5) is 0 Å². The third kappa shape index (κ3) is 3.18. The first kappa shape index (κ1) is 11.3. The minimum atomic E-state index is 0.110. The van der Waals surface area contributed by atoms with Gasteiger partial charge in [0.25, 0.3) is 0 Å². The summed E-state index contributed by atoms with van der Waals surface area (Å²) in [6.45, 7) is 1.98. The summed E-state index contributed by atoms with van der Waals surface area (Å²) >= 11 is 3.37. The van der Waals surface area contributed by atoms with E-state index < -0.39 is 0 Å². The molecular weight excluding hydrogens is 243 g/mol. The van der Waals surface area contributed by atoms with Gasteiger partial charge in [0.1, 0.15) is 20.2 Å². The predicted octanol–water partition coefficient (Wildman–Crippen LogP) is 1.07. The maximum Gasteiger partial charge on any atom is 0.169 e. The zero-order chi connectivity index (χ0) is 10.6. The third-order valence-corrected chi connectivity index (χ3v) is 2.52. The van der Waals surface area contributed by atoms with Crippen LogP contribution in [0.25, 0.3) is 0 Å². The predicted molar refractivity (Wildman–Crippen MR) is 63.1 cm³/mol. The first-order valence-corrected chi connectivity index (χ1v) is 5.33. The number of ketones is 1. The Morgan fingerprint density at radius 2 is 2.29 bits per heavy atom. The summed E-state index contributed by atoms with van der Waals surface area (Å²) in [4.78, 5) is 11.0. The highest BCUT2D eigenvalue weighted by Gasteiger charge is 2.03. The summed E-state index contributed by atoms with van der Waals surface area (Å²) in [5.74, 6) is 0.838. The minimum absolute atomic E-state index is 0.110. The van der Waals surface area contributed by atoms with Gasteiger partial charge in [0.05, 0.1) is 4.47 Å². The highest BCUT2D eigenvalue weighted by atomic mass is 79.9. The molecule has 0 amide bonds. The lowest BCUT2D eigenvalue weighted by atomic mass is 9.96. The lowest BCUT2D eigenvalue weighted by Crippen LogP contribution is -2.11. The molecule has 0 radical (unpaired) electrons. The average molecular weight is 255 g/mol. The van der Waals surface area contributed by atoms with Gasteiger partial charge in [0.2, 0.25) is 0 Å². The maximum absolute atomic E-state index is 11.0. The minimum Gasteiger partial charge on any atom is -0.485 e. The fourth-order valence-corrected chi connectivity index (χ4v) is 1.34. The van der Waals surface area contributed by atoms with E-state index in [0.29, 0.717) is 6.42 Å². The number of ether oxygens (including phenoxy) is 1. The summed E-state index contributed by atoms with van der Waals surface area (Å²) < 4.78 is 6.26. The van der Waals surface area contributed by atoms with Crippen molar-refractivity contribution >= 4 is 35.0 Å². The molecule has 1 rings (SSSR count). The van der Waals surface area contributed by atoms with Crippen molar-refractivity contribution in [2.75, 3.05) is 6.61 Å². The van der Waals surface area contributed by atoms with E-state index in [2.05, 4.69) is 15.9 Å². The Hall–Kier alpha value is -0.765. The number of carbonyl (C=O) groups excluding carboxylic acids is 1.